The zero-order valence-electron chi connectivity index (χ0n) is 2.93. The van der Waals surface area contributed by atoms with Crippen molar-refractivity contribution in [3.8, 4) is 0 Å². The number of hydrogen-bond donors (Lipinski definition) is 0. The molecule has 0 saturated heterocycles. The summed E-state index contributed by atoms with van der Waals surface area (Å²) in [5, 5.41) is 0. The molecule has 0 nitrogen and oxygen atoms in total. The molecule has 0 aromatic heterocycles. The van der Waals surface area contributed by atoms with E-state index in [9.17, 15) is 0 Å². The van der Waals surface area contributed by atoms with Gasteiger partial charge >= 0.3 is 53.5 Å². The van der Waals surface area contributed by atoms with Crippen molar-refractivity contribution in [1.29, 1.82) is 0 Å². The van der Waals surface area contributed by atoms with Crippen molar-refractivity contribution in [3.63, 3.8) is 0 Å². The standard InChI is InChI=1S/C3H7.Gd/c1-3-2;/h3H,1-2H3;. The van der Waals surface area contributed by atoms with Crippen molar-refractivity contribution in [1.82, 2.24) is 0 Å². The Balaban J connectivity index is 2.32. The molecular weight excluding hydrogens is 193 g/mol. The first-order valence-electron chi connectivity index (χ1n) is 1.36. The van der Waals surface area contributed by atoms with E-state index < -0.39 is 0 Å². The molecule has 4 heavy (non-hydrogen) atoms. The average Bonchev–Trinajstić information content (AvgIpc) is 0.811. The summed E-state index contributed by atoms with van der Waals surface area (Å²) < 4.78 is 0.861. The Labute approximate surface area is 52.9 Å². The first kappa shape index (κ1) is 5.32. The fourth-order valence-corrected chi connectivity index (χ4v) is 0. The fourth-order valence-electron chi connectivity index (χ4n) is 0. The van der Waals surface area contributed by atoms with Crippen LogP contribution in [-0.2, 0) is 0 Å². The maximum atomic E-state index is 2.18. The molecule has 0 aromatic carbocycles. The van der Waals surface area contributed by atoms with E-state index >= 15 is 0 Å². The average molecular weight is 200 g/mol. The van der Waals surface area contributed by atoms with Gasteiger partial charge in [-0.1, -0.05) is 0 Å². The normalized spacial score (nSPS) is 9.00. The van der Waals surface area contributed by atoms with Gasteiger partial charge in [0.05, 0.1) is 0 Å². The van der Waals surface area contributed by atoms with Gasteiger partial charge in [0.2, 0.25) is 0 Å². The molecule has 0 atom stereocenters. The molecular formula is C3H7Gd. The van der Waals surface area contributed by atoms with Crippen LogP contribution in [0, 0.1) is 37.9 Å². The molecule has 0 unspecified atom stereocenters. The molecule has 1 heteroatoms. The summed E-state index contributed by atoms with van der Waals surface area (Å²) in [6.45, 7) is 4.36. The SMILES string of the molecule is C[CH](C)[Gd]. The Hall–Kier alpha value is 1.32. The molecule has 0 aromatic rings. The minimum absolute atomic E-state index is 0.861. The Morgan fingerprint density at radius 1 is 1.50 bits per heavy atom. The summed E-state index contributed by atoms with van der Waals surface area (Å²) in [7, 11) is 0. The Bertz CT molecular complexity index is 8.00. The molecule has 0 amide bonds. The van der Waals surface area contributed by atoms with Gasteiger partial charge in [-0.2, -0.15) is 0 Å². The van der Waals surface area contributed by atoms with E-state index in [-0.39, 0.29) is 0 Å². The van der Waals surface area contributed by atoms with Gasteiger partial charge in [-0.05, 0) is 0 Å². The van der Waals surface area contributed by atoms with Crippen LogP contribution in [0.3, 0.4) is 0 Å². The summed E-state index contributed by atoms with van der Waals surface area (Å²) in [6, 6.07) is 0. The van der Waals surface area contributed by atoms with Crippen LogP contribution in [-0.4, -0.2) is 0 Å². The van der Waals surface area contributed by atoms with Crippen LogP contribution < -0.4 is 0 Å². The van der Waals surface area contributed by atoms with E-state index in [0.717, 1.165) is 1.70 Å². The van der Waals surface area contributed by atoms with E-state index in [4.69, 9.17) is 0 Å². The van der Waals surface area contributed by atoms with Gasteiger partial charge < -0.3 is 0 Å². The third-order valence-electron chi connectivity index (χ3n) is 0. The van der Waals surface area contributed by atoms with Crippen molar-refractivity contribution in [2.75, 3.05) is 0 Å². The molecule has 0 saturated carbocycles. The van der Waals surface area contributed by atoms with Gasteiger partial charge in [0.25, 0.3) is 0 Å². The van der Waals surface area contributed by atoms with Crippen molar-refractivity contribution in [3.05, 3.63) is 0 Å². The van der Waals surface area contributed by atoms with E-state index in [1.54, 1.807) is 0 Å². The Morgan fingerprint density at radius 2 is 1.50 bits per heavy atom. The van der Waals surface area contributed by atoms with Crippen LogP contribution >= 0.6 is 0 Å². The van der Waals surface area contributed by atoms with E-state index in [1.807, 2.05) is 37.9 Å². The van der Waals surface area contributed by atoms with Gasteiger partial charge in [-0.15, -0.1) is 0 Å². The van der Waals surface area contributed by atoms with Gasteiger partial charge in [0.15, 0.2) is 0 Å². The summed E-state index contributed by atoms with van der Waals surface area (Å²) >= 11 is 2.00. The summed E-state index contributed by atoms with van der Waals surface area (Å²) in [5.41, 5.74) is 0. The quantitative estimate of drug-likeness (QED) is 0.554. The first-order valence-corrected chi connectivity index (χ1v) is 2.67. The van der Waals surface area contributed by atoms with Crippen LogP contribution in [0.2, 0.25) is 1.70 Å². The molecule has 0 aliphatic rings. The predicted octanol–water partition coefficient (Wildman–Crippen LogP) is 1.36. The van der Waals surface area contributed by atoms with Crippen molar-refractivity contribution in [2.24, 2.45) is 0 Å². The van der Waals surface area contributed by atoms with Gasteiger partial charge in [-0.25, -0.2) is 0 Å². The fraction of sp³-hybridized carbons (Fsp3) is 1.00. The van der Waals surface area contributed by atoms with Gasteiger partial charge in [-0.3, -0.25) is 0 Å². The summed E-state index contributed by atoms with van der Waals surface area (Å²) in [4.78, 5) is 0. The second-order valence-electron chi connectivity index (χ2n) is 0.986. The number of hydrogen-bond acceptors (Lipinski definition) is 0. The third-order valence-corrected chi connectivity index (χ3v) is 0. The van der Waals surface area contributed by atoms with Crippen LogP contribution in [0.1, 0.15) is 13.8 Å². The topological polar surface area (TPSA) is 0 Å². The summed E-state index contributed by atoms with van der Waals surface area (Å²) in [6.07, 6.45) is 0. The molecule has 0 rings (SSSR count). The molecule has 0 N–H and O–H groups in total. The molecule has 0 fully saturated rings. The van der Waals surface area contributed by atoms with Crippen LogP contribution in [0.5, 0.6) is 0 Å². The molecule has 0 aliphatic carbocycles. The first-order chi connectivity index (χ1) is 1.73. The monoisotopic (exact) mass is 201 g/mol. The maximum absolute atomic E-state index is 2.18. The van der Waals surface area contributed by atoms with Gasteiger partial charge in [0.1, 0.15) is 0 Å². The second kappa shape index (κ2) is 2.56. The van der Waals surface area contributed by atoms with E-state index in [1.165, 1.54) is 0 Å². The molecule has 0 aliphatic heterocycles. The van der Waals surface area contributed by atoms with Crippen LogP contribution in [0.15, 0.2) is 0 Å². The Kier molecular flexibility index (Phi) is 3.40. The zero-order chi connectivity index (χ0) is 3.58. The third kappa shape index (κ3) is 10.2. The molecule has 27 valence electrons. The van der Waals surface area contributed by atoms with E-state index in [0.29, 0.717) is 0 Å². The number of rotatable bonds is 0. The van der Waals surface area contributed by atoms with Crippen molar-refractivity contribution < 1.29 is 37.9 Å². The van der Waals surface area contributed by atoms with Crippen LogP contribution in [0.25, 0.3) is 0 Å². The minimum atomic E-state index is 0.861. The molecule has 0 heterocycles. The van der Waals surface area contributed by atoms with Gasteiger partial charge in [0, 0.05) is 0 Å². The van der Waals surface area contributed by atoms with Crippen molar-refractivity contribution in [2.45, 2.75) is 15.5 Å². The van der Waals surface area contributed by atoms with E-state index in [2.05, 4.69) is 13.8 Å². The molecule has 0 bridgehead atoms. The van der Waals surface area contributed by atoms with Crippen LogP contribution in [0.4, 0.5) is 0 Å². The Morgan fingerprint density at radius 3 is 1.50 bits per heavy atom. The zero-order valence-corrected chi connectivity index (χ0v) is 5.20. The summed E-state index contributed by atoms with van der Waals surface area (Å²) in [5.74, 6) is 0. The predicted molar refractivity (Wildman–Crippen MR) is 15.1 cm³/mol. The molecule has 0 spiro atoms. The second-order valence-corrected chi connectivity index (χ2v) is 3.61. The van der Waals surface area contributed by atoms with Crippen molar-refractivity contribution >= 4 is 0 Å². The molecule has 0 radical (unpaired) electrons.